The van der Waals surface area contributed by atoms with Gasteiger partial charge in [0, 0.05) is 38.6 Å². The summed E-state index contributed by atoms with van der Waals surface area (Å²) >= 11 is 0. The van der Waals surface area contributed by atoms with E-state index in [4.69, 9.17) is 0 Å². The highest BCUT2D eigenvalue weighted by Crippen LogP contribution is 2.42. The second-order valence-electron chi connectivity index (χ2n) is 8.52. The number of aromatic nitrogens is 2. The Labute approximate surface area is 162 Å². The SMILES string of the molecule is CNC(=O)[C@@H]1C[C@@H](Nc2ncccn2)CN1CCC1=C(C)CCCC1(C)C. The standard InChI is InChI=1S/C21H33N5O/c1-15-7-5-9-21(2,3)17(15)8-12-26-14-16(13-18(26)19(27)22-4)25-20-23-10-6-11-24-20/h6,10-11,16,18H,5,7-9,12-14H2,1-4H3,(H,22,27)(H,23,24,25)/t16-,18+/m1/s1. The summed E-state index contributed by atoms with van der Waals surface area (Å²) in [5.41, 5.74) is 3.42. The highest BCUT2D eigenvalue weighted by Gasteiger charge is 2.37. The first-order valence-corrected chi connectivity index (χ1v) is 10.1. The van der Waals surface area contributed by atoms with Gasteiger partial charge in [-0.1, -0.05) is 25.0 Å². The van der Waals surface area contributed by atoms with Gasteiger partial charge in [-0.3, -0.25) is 9.69 Å². The maximum atomic E-state index is 12.4. The van der Waals surface area contributed by atoms with Crippen LogP contribution in [0.5, 0.6) is 0 Å². The van der Waals surface area contributed by atoms with Crippen LogP contribution in [0, 0.1) is 5.41 Å². The molecule has 148 valence electrons. The number of carbonyl (C=O) groups is 1. The molecule has 1 fully saturated rings. The number of rotatable bonds is 6. The van der Waals surface area contributed by atoms with Gasteiger partial charge in [0.25, 0.3) is 0 Å². The Morgan fingerprint density at radius 2 is 2.07 bits per heavy atom. The van der Waals surface area contributed by atoms with E-state index in [0.29, 0.717) is 5.95 Å². The van der Waals surface area contributed by atoms with Crippen molar-refractivity contribution in [2.75, 3.05) is 25.5 Å². The first kappa shape index (κ1) is 19.8. The molecule has 3 rings (SSSR count). The van der Waals surface area contributed by atoms with E-state index in [9.17, 15) is 4.79 Å². The predicted octanol–water partition coefficient (Wildman–Crippen LogP) is 2.99. The minimum Gasteiger partial charge on any atom is -0.358 e. The van der Waals surface area contributed by atoms with Crippen molar-refractivity contribution >= 4 is 11.9 Å². The second kappa shape index (κ2) is 8.38. The molecule has 1 aliphatic heterocycles. The zero-order valence-electron chi connectivity index (χ0n) is 17.1. The van der Waals surface area contributed by atoms with E-state index in [2.05, 4.69) is 46.3 Å². The number of nitrogens with one attached hydrogen (secondary N) is 2. The van der Waals surface area contributed by atoms with Gasteiger partial charge in [0.15, 0.2) is 0 Å². The number of carbonyl (C=O) groups excluding carboxylic acids is 1. The number of hydrogen-bond acceptors (Lipinski definition) is 5. The third-order valence-electron chi connectivity index (χ3n) is 6.19. The largest absolute Gasteiger partial charge is 0.358 e. The molecule has 1 amide bonds. The fourth-order valence-corrected chi connectivity index (χ4v) is 4.73. The first-order valence-electron chi connectivity index (χ1n) is 10.1. The predicted molar refractivity (Wildman–Crippen MR) is 108 cm³/mol. The van der Waals surface area contributed by atoms with Crippen LogP contribution in [0.4, 0.5) is 5.95 Å². The van der Waals surface area contributed by atoms with Crippen LogP contribution in [0.25, 0.3) is 0 Å². The van der Waals surface area contributed by atoms with Crippen LogP contribution in [-0.2, 0) is 4.79 Å². The Hall–Kier alpha value is -1.95. The van der Waals surface area contributed by atoms with Crippen molar-refractivity contribution in [1.82, 2.24) is 20.2 Å². The maximum absolute atomic E-state index is 12.4. The third kappa shape index (κ3) is 4.67. The number of amides is 1. The monoisotopic (exact) mass is 371 g/mol. The molecule has 0 radical (unpaired) electrons. The summed E-state index contributed by atoms with van der Waals surface area (Å²) in [4.78, 5) is 23.3. The minimum absolute atomic E-state index is 0.0937. The Morgan fingerprint density at radius 1 is 1.33 bits per heavy atom. The van der Waals surface area contributed by atoms with Crippen LogP contribution in [-0.4, -0.2) is 53.0 Å². The zero-order valence-corrected chi connectivity index (χ0v) is 17.1. The highest BCUT2D eigenvalue weighted by molar-refractivity contribution is 5.82. The lowest BCUT2D eigenvalue weighted by molar-refractivity contribution is -0.124. The van der Waals surface area contributed by atoms with Gasteiger partial charge in [-0.05, 0) is 50.5 Å². The van der Waals surface area contributed by atoms with Gasteiger partial charge in [0.2, 0.25) is 11.9 Å². The zero-order chi connectivity index (χ0) is 19.4. The van der Waals surface area contributed by atoms with Gasteiger partial charge in [-0.25, -0.2) is 9.97 Å². The summed E-state index contributed by atoms with van der Waals surface area (Å²) in [7, 11) is 1.72. The van der Waals surface area contributed by atoms with Crippen molar-refractivity contribution < 1.29 is 4.79 Å². The Morgan fingerprint density at radius 3 is 2.74 bits per heavy atom. The van der Waals surface area contributed by atoms with Crippen molar-refractivity contribution in [3.05, 3.63) is 29.6 Å². The van der Waals surface area contributed by atoms with E-state index in [1.165, 1.54) is 19.3 Å². The Bertz CT molecular complexity index is 685. The number of hydrogen-bond donors (Lipinski definition) is 2. The Balaban J connectivity index is 1.67. The molecule has 0 spiro atoms. The molecule has 27 heavy (non-hydrogen) atoms. The van der Waals surface area contributed by atoms with Crippen molar-refractivity contribution in [2.24, 2.45) is 5.41 Å². The molecule has 6 nitrogen and oxygen atoms in total. The molecule has 1 aromatic rings. The molecule has 2 atom stereocenters. The highest BCUT2D eigenvalue weighted by atomic mass is 16.2. The lowest BCUT2D eigenvalue weighted by atomic mass is 9.71. The summed E-state index contributed by atoms with van der Waals surface area (Å²) in [5, 5.41) is 6.22. The third-order valence-corrected chi connectivity index (χ3v) is 6.19. The van der Waals surface area contributed by atoms with E-state index in [-0.39, 0.29) is 23.4 Å². The van der Waals surface area contributed by atoms with E-state index in [1.807, 2.05) is 0 Å². The normalized spacial score (nSPS) is 25.5. The van der Waals surface area contributed by atoms with Crippen molar-refractivity contribution in [3.8, 4) is 0 Å². The summed E-state index contributed by atoms with van der Waals surface area (Å²) in [6.07, 6.45) is 9.05. The Kier molecular flexibility index (Phi) is 6.15. The van der Waals surface area contributed by atoms with Crippen LogP contribution in [0.15, 0.2) is 29.6 Å². The van der Waals surface area contributed by atoms with Gasteiger partial charge >= 0.3 is 0 Å². The summed E-state index contributed by atoms with van der Waals surface area (Å²) in [6, 6.07) is 1.90. The lowest BCUT2D eigenvalue weighted by Gasteiger charge is -2.36. The van der Waals surface area contributed by atoms with Crippen LogP contribution in [0.1, 0.15) is 52.9 Å². The summed E-state index contributed by atoms with van der Waals surface area (Å²) < 4.78 is 0. The fourth-order valence-electron chi connectivity index (χ4n) is 4.73. The van der Waals surface area contributed by atoms with Crippen LogP contribution in [0.2, 0.25) is 0 Å². The molecule has 1 aliphatic carbocycles. The molecular weight excluding hydrogens is 338 g/mol. The molecule has 0 aromatic carbocycles. The smallest absolute Gasteiger partial charge is 0.237 e. The van der Waals surface area contributed by atoms with Crippen molar-refractivity contribution in [1.29, 1.82) is 0 Å². The van der Waals surface area contributed by atoms with E-state index in [0.717, 1.165) is 25.9 Å². The van der Waals surface area contributed by atoms with E-state index >= 15 is 0 Å². The molecule has 6 heteroatoms. The average molecular weight is 372 g/mol. The minimum atomic E-state index is -0.0937. The van der Waals surface area contributed by atoms with Crippen LogP contribution >= 0.6 is 0 Å². The summed E-state index contributed by atoms with van der Waals surface area (Å²) in [5.74, 6) is 0.730. The van der Waals surface area contributed by atoms with Crippen LogP contribution in [0.3, 0.4) is 0 Å². The number of likely N-dealkylation sites (tertiary alicyclic amines) is 1. The lowest BCUT2D eigenvalue weighted by Crippen LogP contribution is -2.42. The molecule has 1 aromatic heterocycles. The molecule has 2 N–H and O–H groups in total. The van der Waals surface area contributed by atoms with Crippen molar-refractivity contribution in [3.63, 3.8) is 0 Å². The second-order valence-corrected chi connectivity index (χ2v) is 8.52. The topological polar surface area (TPSA) is 70.1 Å². The average Bonchev–Trinajstić information content (AvgIpc) is 3.03. The van der Waals surface area contributed by atoms with Crippen LogP contribution < -0.4 is 10.6 Å². The van der Waals surface area contributed by atoms with Crippen molar-refractivity contribution in [2.45, 2.75) is 65.0 Å². The van der Waals surface area contributed by atoms with Gasteiger partial charge in [-0.15, -0.1) is 0 Å². The molecule has 0 saturated carbocycles. The van der Waals surface area contributed by atoms with Gasteiger partial charge in [0.1, 0.15) is 0 Å². The molecule has 0 bridgehead atoms. The fraction of sp³-hybridized carbons (Fsp3) is 0.667. The first-order chi connectivity index (χ1) is 12.9. The molecule has 0 unspecified atom stereocenters. The molecule has 2 aliphatic rings. The van der Waals surface area contributed by atoms with Gasteiger partial charge in [-0.2, -0.15) is 0 Å². The number of nitrogens with zero attached hydrogens (tertiary/aromatic N) is 3. The maximum Gasteiger partial charge on any atom is 0.237 e. The number of anilines is 1. The number of allylic oxidation sites excluding steroid dienone is 1. The quantitative estimate of drug-likeness (QED) is 0.752. The van der Waals surface area contributed by atoms with Gasteiger partial charge in [0.05, 0.1) is 6.04 Å². The molecule has 1 saturated heterocycles. The summed E-state index contributed by atoms with van der Waals surface area (Å²) in [6.45, 7) is 8.77. The number of likely N-dealkylation sites (N-methyl/N-ethyl adjacent to an activating group) is 1. The van der Waals surface area contributed by atoms with Gasteiger partial charge < -0.3 is 10.6 Å². The van der Waals surface area contributed by atoms with E-state index < -0.39 is 0 Å². The van der Waals surface area contributed by atoms with E-state index in [1.54, 1.807) is 36.7 Å². The molecular formula is C21H33N5O. The molecule has 2 heterocycles.